The minimum absolute atomic E-state index is 0.740. The van der Waals surface area contributed by atoms with Crippen molar-refractivity contribution in [2.24, 2.45) is 11.3 Å². The van der Waals surface area contributed by atoms with E-state index >= 15 is 0 Å². The summed E-state index contributed by atoms with van der Waals surface area (Å²) in [6.45, 7) is 3.24. The summed E-state index contributed by atoms with van der Waals surface area (Å²) in [5.74, 6) is 1.09. The number of hydrogen-bond donors (Lipinski definition) is 1. The lowest BCUT2D eigenvalue weighted by Crippen LogP contribution is -2.35. The summed E-state index contributed by atoms with van der Waals surface area (Å²) in [6.07, 6.45) is 9.79. The lowest BCUT2D eigenvalue weighted by molar-refractivity contribution is 0.142. The van der Waals surface area contributed by atoms with Gasteiger partial charge in [0, 0.05) is 25.8 Å². The van der Waals surface area contributed by atoms with Crippen LogP contribution >= 0.6 is 0 Å². The minimum Gasteiger partial charge on any atom is -0.381 e. The van der Waals surface area contributed by atoms with Crippen LogP contribution in [0.3, 0.4) is 0 Å². The Kier molecular flexibility index (Phi) is 2.73. The molecule has 1 atom stereocenters. The Balaban J connectivity index is 1.44. The van der Waals surface area contributed by atoms with Crippen molar-refractivity contribution in [2.45, 2.75) is 51.0 Å². The smallest absolute Gasteiger partial charge is 0.0480 e. The molecule has 3 fully saturated rings. The van der Waals surface area contributed by atoms with Gasteiger partial charge in [-0.3, -0.25) is 0 Å². The van der Waals surface area contributed by atoms with Gasteiger partial charge in [-0.15, -0.1) is 0 Å². The van der Waals surface area contributed by atoms with Crippen LogP contribution < -0.4 is 5.32 Å². The second kappa shape index (κ2) is 4.06. The molecule has 1 aliphatic heterocycles. The molecule has 1 N–H and O–H groups in total. The van der Waals surface area contributed by atoms with Gasteiger partial charge in [0.15, 0.2) is 0 Å². The fourth-order valence-electron chi connectivity index (χ4n) is 3.04. The number of hydrogen-bond acceptors (Lipinski definition) is 2. The Hall–Kier alpha value is -0.0800. The molecule has 1 heterocycles. The van der Waals surface area contributed by atoms with Gasteiger partial charge in [0.1, 0.15) is 0 Å². The van der Waals surface area contributed by atoms with Crippen molar-refractivity contribution in [3.05, 3.63) is 0 Å². The normalized spacial score (nSPS) is 34.8. The predicted octanol–water partition coefficient (Wildman–Crippen LogP) is 2.34. The maximum Gasteiger partial charge on any atom is 0.0480 e. The molecule has 15 heavy (non-hydrogen) atoms. The third kappa shape index (κ3) is 2.36. The molecular weight excluding hydrogens is 186 g/mol. The van der Waals surface area contributed by atoms with Crippen LogP contribution in [0.4, 0.5) is 0 Å². The lowest BCUT2D eigenvalue weighted by Gasteiger charge is -2.21. The Morgan fingerprint density at radius 1 is 1.07 bits per heavy atom. The first-order valence-corrected chi connectivity index (χ1v) is 6.70. The van der Waals surface area contributed by atoms with Crippen molar-refractivity contribution in [1.29, 1.82) is 0 Å². The third-order valence-electron chi connectivity index (χ3n) is 4.53. The zero-order valence-electron chi connectivity index (χ0n) is 9.63. The molecule has 0 aromatic heterocycles. The lowest BCUT2D eigenvalue weighted by atomic mass is 9.99. The molecule has 3 aliphatic rings. The predicted molar refractivity (Wildman–Crippen MR) is 60.9 cm³/mol. The fraction of sp³-hybridized carbons (Fsp3) is 1.00. The highest BCUT2D eigenvalue weighted by atomic mass is 16.5. The summed E-state index contributed by atoms with van der Waals surface area (Å²) in [6, 6.07) is 0.740. The van der Waals surface area contributed by atoms with Crippen molar-refractivity contribution in [3.8, 4) is 0 Å². The van der Waals surface area contributed by atoms with Crippen LogP contribution in [0.1, 0.15) is 44.9 Å². The molecular formula is C13H23NO. The van der Waals surface area contributed by atoms with Gasteiger partial charge in [0.25, 0.3) is 0 Å². The molecule has 2 heteroatoms. The molecule has 2 nitrogen and oxygen atoms in total. The van der Waals surface area contributed by atoms with Gasteiger partial charge in [-0.05, 0) is 56.3 Å². The summed E-state index contributed by atoms with van der Waals surface area (Å²) >= 11 is 0. The highest BCUT2D eigenvalue weighted by Gasteiger charge is 2.53. The Labute approximate surface area is 92.8 Å². The largest absolute Gasteiger partial charge is 0.381 e. The summed E-state index contributed by atoms with van der Waals surface area (Å²) in [5, 5.41) is 3.81. The molecule has 0 amide bonds. The van der Waals surface area contributed by atoms with Crippen LogP contribution in [-0.2, 0) is 4.74 Å². The van der Waals surface area contributed by atoms with Gasteiger partial charge >= 0.3 is 0 Å². The first-order valence-electron chi connectivity index (χ1n) is 6.70. The average Bonchev–Trinajstić information content (AvgIpc) is 3.08. The van der Waals surface area contributed by atoms with Crippen LogP contribution in [0.2, 0.25) is 0 Å². The second-order valence-corrected chi connectivity index (χ2v) is 5.76. The molecule has 1 saturated heterocycles. The molecule has 0 aromatic carbocycles. The molecule has 2 saturated carbocycles. The number of nitrogens with one attached hydrogen (secondary N) is 1. The van der Waals surface area contributed by atoms with E-state index in [1.807, 2.05) is 0 Å². The summed E-state index contributed by atoms with van der Waals surface area (Å²) in [4.78, 5) is 0. The Bertz CT molecular complexity index is 213. The molecule has 2 aliphatic carbocycles. The first kappa shape index (κ1) is 10.1. The van der Waals surface area contributed by atoms with Crippen molar-refractivity contribution in [1.82, 2.24) is 5.32 Å². The third-order valence-corrected chi connectivity index (χ3v) is 4.53. The highest BCUT2D eigenvalue weighted by molar-refractivity contribution is 5.05. The van der Waals surface area contributed by atoms with Crippen LogP contribution in [0.25, 0.3) is 0 Å². The van der Waals surface area contributed by atoms with Gasteiger partial charge in [0.2, 0.25) is 0 Å². The van der Waals surface area contributed by atoms with Crippen LogP contribution in [0, 0.1) is 11.3 Å². The van der Waals surface area contributed by atoms with Crippen LogP contribution in [0.15, 0.2) is 0 Å². The van der Waals surface area contributed by atoms with E-state index in [9.17, 15) is 0 Å². The van der Waals surface area contributed by atoms with E-state index < -0.39 is 0 Å². The SMILES string of the molecule is C1COCCC(NCC2(C3CC3)CC2)C1. The van der Waals surface area contributed by atoms with Crippen molar-refractivity contribution < 1.29 is 4.74 Å². The topological polar surface area (TPSA) is 21.3 Å². The molecule has 86 valence electrons. The molecule has 0 aromatic rings. The number of ether oxygens (including phenoxy) is 1. The zero-order chi connectivity index (χ0) is 10.1. The van der Waals surface area contributed by atoms with Gasteiger partial charge in [-0.1, -0.05) is 0 Å². The van der Waals surface area contributed by atoms with Gasteiger partial charge in [0.05, 0.1) is 0 Å². The van der Waals surface area contributed by atoms with E-state index in [0.29, 0.717) is 0 Å². The molecule has 0 spiro atoms. The molecule has 0 radical (unpaired) electrons. The second-order valence-electron chi connectivity index (χ2n) is 5.76. The van der Waals surface area contributed by atoms with E-state index in [1.165, 1.54) is 51.5 Å². The van der Waals surface area contributed by atoms with E-state index in [4.69, 9.17) is 4.74 Å². The molecule has 0 bridgehead atoms. The summed E-state index contributed by atoms with van der Waals surface area (Å²) in [5.41, 5.74) is 0.757. The van der Waals surface area contributed by atoms with Gasteiger partial charge in [-0.2, -0.15) is 0 Å². The van der Waals surface area contributed by atoms with E-state index in [2.05, 4.69) is 5.32 Å². The monoisotopic (exact) mass is 209 g/mol. The van der Waals surface area contributed by atoms with Crippen molar-refractivity contribution in [2.75, 3.05) is 19.8 Å². The van der Waals surface area contributed by atoms with Crippen molar-refractivity contribution in [3.63, 3.8) is 0 Å². The zero-order valence-corrected chi connectivity index (χ0v) is 9.63. The molecule has 3 rings (SSSR count). The maximum absolute atomic E-state index is 5.49. The number of rotatable bonds is 4. The minimum atomic E-state index is 0.740. The van der Waals surface area contributed by atoms with Crippen LogP contribution in [0.5, 0.6) is 0 Å². The van der Waals surface area contributed by atoms with E-state index in [1.54, 1.807) is 0 Å². The average molecular weight is 209 g/mol. The van der Waals surface area contributed by atoms with Crippen molar-refractivity contribution >= 4 is 0 Å². The quantitative estimate of drug-likeness (QED) is 0.767. The fourth-order valence-corrected chi connectivity index (χ4v) is 3.04. The van der Waals surface area contributed by atoms with Crippen LogP contribution in [-0.4, -0.2) is 25.8 Å². The van der Waals surface area contributed by atoms with Gasteiger partial charge < -0.3 is 10.1 Å². The first-order chi connectivity index (χ1) is 7.39. The highest BCUT2D eigenvalue weighted by Crippen LogP contribution is 2.60. The molecule has 1 unspecified atom stereocenters. The Morgan fingerprint density at radius 2 is 1.93 bits per heavy atom. The van der Waals surface area contributed by atoms with E-state index in [0.717, 1.165) is 30.6 Å². The summed E-state index contributed by atoms with van der Waals surface area (Å²) < 4.78 is 5.49. The van der Waals surface area contributed by atoms with Gasteiger partial charge in [-0.25, -0.2) is 0 Å². The maximum atomic E-state index is 5.49. The summed E-state index contributed by atoms with van der Waals surface area (Å²) in [7, 11) is 0. The van der Waals surface area contributed by atoms with E-state index in [-0.39, 0.29) is 0 Å². The Morgan fingerprint density at radius 3 is 2.67 bits per heavy atom. The standard InChI is InChI=1S/C13H23NO/c1-2-12(5-9-15-8-1)14-10-13(6-7-13)11-3-4-11/h11-12,14H,1-10H2.